The smallest absolute Gasteiger partial charge is 0.349 e. The maximum absolute atomic E-state index is 10.7. The van der Waals surface area contributed by atoms with E-state index in [0.29, 0.717) is 5.75 Å². The number of para-hydroxylation sites is 1. The van der Waals surface area contributed by atoms with Gasteiger partial charge in [-0.1, -0.05) is 18.2 Å². The molecule has 0 saturated carbocycles. The van der Waals surface area contributed by atoms with Gasteiger partial charge in [-0.2, -0.15) is 0 Å². The molecule has 0 aromatic heterocycles. The number of methoxy groups -OCH3 is 1. The van der Waals surface area contributed by atoms with E-state index in [-0.39, 0.29) is 0 Å². The molecule has 0 heterocycles. The van der Waals surface area contributed by atoms with Crippen molar-refractivity contribution in [3.63, 3.8) is 0 Å². The Kier molecular flexibility index (Phi) is 4.01. The zero-order valence-electron chi connectivity index (χ0n) is 7.57. The summed E-state index contributed by atoms with van der Waals surface area (Å²) in [6.07, 6.45) is 2.80. The lowest BCUT2D eigenvalue weighted by Gasteiger charge is -2.02. The molecule has 0 aliphatic rings. The summed E-state index contributed by atoms with van der Waals surface area (Å²) < 4.78 is 9.03. The Labute approximate surface area is 87.1 Å². The molecule has 0 aliphatic carbocycles. The molecule has 14 heavy (non-hydrogen) atoms. The molecule has 74 valence electrons. The second kappa shape index (κ2) is 5.29. The van der Waals surface area contributed by atoms with Crippen molar-refractivity contribution in [2.24, 2.45) is 0 Å². The van der Waals surface area contributed by atoms with Crippen LogP contribution in [0.2, 0.25) is 0 Å². The summed E-state index contributed by atoms with van der Waals surface area (Å²) in [4.78, 5) is 10.7. The predicted molar refractivity (Wildman–Crippen MR) is 54.0 cm³/mol. The molecule has 0 bridgehead atoms. The first-order valence-corrected chi connectivity index (χ1v) is 4.22. The Bertz CT molecular complexity index is 347. The van der Waals surface area contributed by atoms with Crippen molar-refractivity contribution in [1.29, 1.82) is 0 Å². The number of benzene rings is 1. The summed E-state index contributed by atoms with van der Waals surface area (Å²) in [5.74, 6) is 0.0729. The lowest BCUT2D eigenvalue weighted by molar-refractivity contribution is -0.128. The van der Waals surface area contributed by atoms with E-state index >= 15 is 0 Å². The van der Waals surface area contributed by atoms with Crippen LogP contribution in [0.3, 0.4) is 0 Å². The van der Waals surface area contributed by atoms with Crippen LogP contribution in [0.4, 0.5) is 0 Å². The Balaban J connectivity index is 2.85. The van der Waals surface area contributed by atoms with Crippen molar-refractivity contribution >= 4 is 23.9 Å². The van der Waals surface area contributed by atoms with Crippen molar-refractivity contribution < 1.29 is 13.8 Å². The molecule has 0 N–H and O–H groups in total. The topological polar surface area (TPSA) is 35.5 Å². The minimum atomic E-state index is -0.613. The first-order chi connectivity index (χ1) is 6.77. The van der Waals surface area contributed by atoms with E-state index < -0.39 is 5.97 Å². The lowest BCUT2D eigenvalue weighted by atomic mass is 10.2. The van der Waals surface area contributed by atoms with Gasteiger partial charge in [-0.3, -0.25) is 0 Å². The van der Waals surface area contributed by atoms with E-state index in [1.165, 1.54) is 6.08 Å². The van der Waals surface area contributed by atoms with E-state index in [0.717, 1.165) is 5.56 Å². The fourth-order valence-electron chi connectivity index (χ4n) is 0.988. The number of rotatable bonds is 3. The van der Waals surface area contributed by atoms with E-state index in [9.17, 15) is 4.79 Å². The minimum Gasteiger partial charge on any atom is -0.496 e. The molecular weight excluding hydrogens is 204 g/mol. The molecule has 0 unspecified atom stereocenters. The highest BCUT2D eigenvalue weighted by molar-refractivity contribution is 6.15. The highest BCUT2D eigenvalue weighted by Crippen LogP contribution is 2.18. The largest absolute Gasteiger partial charge is 0.496 e. The maximum atomic E-state index is 10.7. The molecule has 0 fully saturated rings. The molecular formula is C10H9ClO3. The SMILES string of the molecule is COc1ccccc1C=CC(=O)OCl. The summed E-state index contributed by atoms with van der Waals surface area (Å²) in [5.41, 5.74) is 0.789. The van der Waals surface area contributed by atoms with Gasteiger partial charge in [-0.25, -0.2) is 4.79 Å². The monoisotopic (exact) mass is 212 g/mol. The second-order valence-electron chi connectivity index (χ2n) is 2.47. The number of hydrogen-bond donors (Lipinski definition) is 0. The average Bonchev–Trinajstić information content (AvgIpc) is 2.26. The first kappa shape index (κ1) is 10.6. The first-order valence-electron chi connectivity index (χ1n) is 3.91. The molecule has 0 radical (unpaired) electrons. The van der Waals surface area contributed by atoms with Crippen LogP contribution in [0.5, 0.6) is 5.75 Å². The highest BCUT2D eigenvalue weighted by Gasteiger charge is 1.98. The van der Waals surface area contributed by atoms with Crippen LogP contribution in [0.15, 0.2) is 30.3 Å². The molecule has 3 nitrogen and oxygen atoms in total. The van der Waals surface area contributed by atoms with Crippen LogP contribution in [-0.2, 0) is 9.08 Å². The summed E-state index contributed by atoms with van der Waals surface area (Å²) in [6, 6.07) is 7.30. The van der Waals surface area contributed by atoms with Crippen LogP contribution >= 0.6 is 11.9 Å². The number of carbonyl (C=O) groups is 1. The van der Waals surface area contributed by atoms with E-state index in [2.05, 4.69) is 4.29 Å². The Morgan fingerprint density at radius 1 is 1.43 bits per heavy atom. The fourth-order valence-corrected chi connectivity index (χ4v) is 1.04. The second-order valence-corrected chi connectivity index (χ2v) is 2.63. The Hall–Kier alpha value is -1.48. The van der Waals surface area contributed by atoms with Gasteiger partial charge in [0.1, 0.15) is 17.6 Å². The third kappa shape index (κ3) is 2.78. The molecule has 0 atom stereocenters. The standard InChI is InChI=1S/C10H9ClO3/c1-13-9-5-3-2-4-8(9)6-7-10(12)14-11/h2-7H,1H3. The molecule has 0 amide bonds. The quantitative estimate of drug-likeness (QED) is 0.722. The Morgan fingerprint density at radius 2 is 2.14 bits per heavy atom. The summed E-state index contributed by atoms with van der Waals surface area (Å²) >= 11 is 4.86. The van der Waals surface area contributed by atoms with Gasteiger partial charge < -0.3 is 9.03 Å². The van der Waals surface area contributed by atoms with Gasteiger partial charge in [0.15, 0.2) is 0 Å². The molecule has 0 spiro atoms. The molecule has 4 heteroatoms. The number of hydrogen-bond acceptors (Lipinski definition) is 3. The van der Waals surface area contributed by atoms with Gasteiger partial charge in [0.2, 0.25) is 0 Å². The average molecular weight is 213 g/mol. The van der Waals surface area contributed by atoms with Crippen LogP contribution < -0.4 is 4.74 Å². The highest BCUT2D eigenvalue weighted by atomic mass is 35.5. The molecule has 1 aromatic rings. The van der Waals surface area contributed by atoms with Crippen molar-refractivity contribution in [3.05, 3.63) is 35.9 Å². The fraction of sp³-hybridized carbons (Fsp3) is 0.100. The predicted octanol–water partition coefficient (Wildman–Crippen LogP) is 2.41. The van der Waals surface area contributed by atoms with Crippen molar-refractivity contribution in [2.45, 2.75) is 0 Å². The van der Waals surface area contributed by atoms with Gasteiger partial charge in [0, 0.05) is 11.6 Å². The van der Waals surface area contributed by atoms with E-state index in [4.69, 9.17) is 16.6 Å². The van der Waals surface area contributed by atoms with Crippen LogP contribution in [0, 0.1) is 0 Å². The van der Waals surface area contributed by atoms with Gasteiger partial charge in [0.25, 0.3) is 0 Å². The summed E-state index contributed by atoms with van der Waals surface area (Å²) in [5, 5.41) is 0. The van der Waals surface area contributed by atoms with Crippen LogP contribution in [0.1, 0.15) is 5.56 Å². The van der Waals surface area contributed by atoms with Gasteiger partial charge >= 0.3 is 5.97 Å². The zero-order valence-corrected chi connectivity index (χ0v) is 8.32. The van der Waals surface area contributed by atoms with Crippen LogP contribution in [0.25, 0.3) is 6.08 Å². The van der Waals surface area contributed by atoms with Crippen molar-refractivity contribution in [1.82, 2.24) is 0 Å². The third-order valence-corrected chi connectivity index (χ3v) is 1.77. The third-order valence-electron chi connectivity index (χ3n) is 1.61. The maximum Gasteiger partial charge on any atom is 0.349 e. The minimum absolute atomic E-state index is 0.613. The number of carbonyl (C=O) groups excluding carboxylic acids is 1. The number of ether oxygens (including phenoxy) is 1. The summed E-state index contributed by atoms with van der Waals surface area (Å²) in [7, 11) is 1.56. The lowest BCUT2D eigenvalue weighted by Crippen LogP contribution is -1.90. The van der Waals surface area contributed by atoms with Crippen molar-refractivity contribution in [3.8, 4) is 5.75 Å². The van der Waals surface area contributed by atoms with E-state index in [1.54, 1.807) is 19.3 Å². The van der Waals surface area contributed by atoms with Crippen molar-refractivity contribution in [2.75, 3.05) is 7.11 Å². The van der Waals surface area contributed by atoms with Crippen LogP contribution in [-0.4, -0.2) is 13.1 Å². The molecule has 1 aromatic carbocycles. The zero-order chi connectivity index (χ0) is 10.4. The normalized spacial score (nSPS) is 10.1. The molecule has 1 rings (SSSR count). The Morgan fingerprint density at radius 3 is 2.79 bits per heavy atom. The molecule has 0 saturated heterocycles. The van der Waals surface area contributed by atoms with Gasteiger partial charge in [0.05, 0.1) is 7.11 Å². The molecule has 0 aliphatic heterocycles. The summed E-state index contributed by atoms with van der Waals surface area (Å²) in [6.45, 7) is 0. The number of halogens is 1. The van der Waals surface area contributed by atoms with Gasteiger partial charge in [-0.15, -0.1) is 0 Å². The van der Waals surface area contributed by atoms with E-state index in [1.807, 2.05) is 18.2 Å². The van der Waals surface area contributed by atoms with Gasteiger partial charge in [-0.05, 0) is 12.1 Å².